The van der Waals surface area contributed by atoms with Crippen LogP contribution in [0.25, 0.3) is 0 Å². The summed E-state index contributed by atoms with van der Waals surface area (Å²) >= 11 is 5.81. The molecule has 0 aliphatic rings. The highest BCUT2D eigenvalue weighted by molar-refractivity contribution is 6.32. The number of nitrogens with one attached hydrogen (secondary N) is 1. The average molecular weight is 264 g/mol. The summed E-state index contributed by atoms with van der Waals surface area (Å²) in [5, 5.41) is 22.6. The first kappa shape index (κ1) is 12.6. The number of anilines is 1. The number of benzene rings is 2. The molecule has 2 rings (SSSR count). The minimum atomic E-state index is 0.0561. The molecule has 3 nitrogen and oxygen atoms in total. The second-order valence-corrected chi connectivity index (χ2v) is 4.51. The van der Waals surface area contributed by atoms with Crippen molar-refractivity contribution in [2.45, 2.75) is 13.5 Å². The molecule has 3 N–H and O–H groups in total. The number of para-hydroxylation sites is 1. The van der Waals surface area contributed by atoms with Crippen LogP contribution in [0.3, 0.4) is 0 Å². The Bertz CT molecular complexity index is 570. The minimum absolute atomic E-state index is 0.0561. The zero-order valence-electron chi connectivity index (χ0n) is 9.94. The Labute approximate surface area is 111 Å². The molecule has 0 saturated heterocycles. The first-order valence-corrected chi connectivity index (χ1v) is 5.95. The molecule has 0 atom stereocenters. The van der Waals surface area contributed by atoms with Crippen molar-refractivity contribution >= 4 is 17.3 Å². The molecule has 0 aliphatic heterocycles. The summed E-state index contributed by atoms with van der Waals surface area (Å²) in [5.41, 5.74) is 2.45. The van der Waals surface area contributed by atoms with Crippen molar-refractivity contribution < 1.29 is 10.2 Å². The average Bonchev–Trinajstić information content (AvgIpc) is 2.35. The van der Waals surface area contributed by atoms with Gasteiger partial charge in [0.25, 0.3) is 0 Å². The largest absolute Gasteiger partial charge is 0.507 e. The Morgan fingerprint density at radius 1 is 1.17 bits per heavy atom. The number of halogens is 1. The van der Waals surface area contributed by atoms with E-state index < -0.39 is 0 Å². The molecular formula is C14H14ClNO2. The molecule has 0 amide bonds. The summed E-state index contributed by atoms with van der Waals surface area (Å²) in [7, 11) is 0. The summed E-state index contributed by atoms with van der Waals surface area (Å²) in [6.45, 7) is 2.35. The van der Waals surface area contributed by atoms with Gasteiger partial charge in [0.2, 0.25) is 0 Å². The van der Waals surface area contributed by atoms with E-state index in [1.807, 2.05) is 25.1 Å². The Morgan fingerprint density at radius 3 is 2.67 bits per heavy atom. The van der Waals surface area contributed by atoms with Gasteiger partial charge in [-0.15, -0.1) is 0 Å². The third-order valence-electron chi connectivity index (χ3n) is 2.75. The Morgan fingerprint density at radius 2 is 1.94 bits per heavy atom. The lowest BCUT2D eigenvalue weighted by atomic mass is 10.1. The second-order valence-electron chi connectivity index (χ2n) is 4.10. The van der Waals surface area contributed by atoms with Crippen LogP contribution in [0.15, 0.2) is 36.4 Å². The fraction of sp³-hybridized carbons (Fsp3) is 0.143. The van der Waals surface area contributed by atoms with Crippen LogP contribution in [0, 0.1) is 6.92 Å². The van der Waals surface area contributed by atoms with E-state index >= 15 is 0 Å². The minimum Gasteiger partial charge on any atom is -0.507 e. The maximum atomic E-state index is 9.87. The number of rotatable bonds is 3. The number of aromatic hydroxyl groups is 2. The number of hydrogen-bond acceptors (Lipinski definition) is 3. The van der Waals surface area contributed by atoms with Gasteiger partial charge in [0, 0.05) is 17.8 Å². The van der Waals surface area contributed by atoms with Crippen molar-refractivity contribution in [3.63, 3.8) is 0 Å². The zero-order chi connectivity index (χ0) is 13.1. The Hall–Kier alpha value is -1.87. The molecule has 0 bridgehead atoms. The first-order chi connectivity index (χ1) is 8.58. The van der Waals surface area contributed by atoms with Gasteiger partial charge < -0.3 is 15.5 Å². The lowest BCUT2D eigenvalue weighted by Gasteiger charge is -2.10. The van der Waals surface area contributed by atoms with Gasteiger partial charge in [-0.1, -0.05) is 29.8 Å². The molecular weight excluding hydrogens is 250 g/mol. The van der Waals surface area contributed by atoms with Gasteiger partial charge in [-0.25, -0.2) is 0 Å². The quantitative estimate of drug-likeness (QED) is 0.741. The summed E-state index contributed by atoms with van der Waals surface area (Å²) in [6, 6.07) is 10.5. The molecule has 0 aromatic heterocycles. The highest BCUT2D eigenvalue weighted by atomic mass is 35.5. The smallest absolute Gasteiger partial charge is 0.134 e. The Kier molecular flexibility index (Phi) is 3.63. The molecule has 0 fully saturated rings. The van der Waals surface area contributed by atoms with Gasteiger partial charge in [0.15, 0.2) is 0 Å². The van der Waals surface area contributed by atoms with E-state index in [4.69, 9.17) is 11.6 Å². The third kappa shape index (κ3) is 2.68. The zero-order valence-corrected chi connectivity index (χ0v) is 10.7. The fourth-order valence-electron chi connectivity index (χ4n) is 1.68. The van der Waals surface area contributed by atoms with Crippen LogP contribution in [-0.4, -0.2) is 10.2 Å². The van der Waals surface area contributed by atoms with Crippen molar-refractivity contribution in [1.82, 2.24) is 0 Å². The monoisotopic (exact) mass is 263 g/mol. The summed E-state index contributed by atoms with van der Waals surface area (Å²) < 4.78 is 0. The van der Waals surface area contributed by atoms with Gasteiger partial charge in [-0.05, 0) is 30.7 Å². The SMILES string of the molecule is Cc1cccc(CNc2ccc(O)c(Cl)c2)c1O. The molecule has 0 aliphatic carbocycles. The molecule has 4 heteroatoms. The first-order valence-electron chi connectivity index (χ1n) is 5.58. The van der Waals surface area contributed by atoms with Crippen LogP contribution in [0.5, 0.6) is 11.5 Å². The van der Waals surface area contributed by atoms with Crippen LogP contribution in [0.4, 0.5) is 5.69 Å². The van der Waals surface area contributed by atoms with Crippen molar-refractivity contribution in [3.8, 4) is 11.5 Å². The normalized spacial score (nSPS) is 10.3. The molecule has 0 unspecified atom stereocenters. The molecule has 18 heavy (non-hydrogen) atoms. The van der Waals surface area contributed by atoms with Crippen molar-refractivity contribution in [3.05, 3.63) is 52.5 Å². The molecule has 2 aromatic carbocycles. The van der Waals surface area contributed by atoms with Crippen LogP contribution in [-0.2, 0) is 6.54 Å². The van der Waals surface area contributed by atoms with E-state index in [0.29, 0.717) is 17.3 Å². The van der Waals surface area contributed by atoms with E-state index in [1.54, 1.807) is 12.1 Å². The van der Waals surface area contributed by atoms with E-state index in [0.717, 1.165) is 16.8 Å². The van der Waals surface area contributed by atoms with Gasteiger partial charge in [-0.3, -0.25) is 0 Å². The topological polar surface area (TPSA) is 52.5 Å². The predicted octanol–water partition coefficient (Wildman–Crippen LogP) is 3.67. The number of aryl methyl sites for hydroxylation is 1. The van der Waals surface area contributed by atoms with Crippen molar-refractivity contribution in [2.75, 3.05) is 5.32 Å². The summed E-state index contributed by atoms with van der Waals surface area (Å²) in [5.74, 6) is 0.357. The van der Waals surface area contributed by atoms with Gasteiger partial charge >= 0.3 is 0 Å². The fourth-order valence-corrected chi connectivity index (χ4v) is 1.86. The Balaban J connectivity index is 2.11. The highest BCUT2D eigenvalue weighted by Crippen LogP contribution is 2.27. The lowest BCUT2D eigenvalue weighted by Crippen LogP contribution is -2.00. The number of phenols is 2. The third-order valence-corrected chi connectivity index (χ3v) is 3.05. The lowest BCUT2D eigenvalue weighted by molar-refractivity contribution is 0.465. The van der Waals surface area contributed by atoms with Gasteiger partial charge in [-0.2, -0.15) is 0 Å². The van der Waals surface area contributed by atoms with E-state index in [1.165, 1.54) is 6.07 Å². The number of hydrogen-bond donors (Lipinski definition) is 3. The predicted molar refractivity (Wildman–Crippen MR) is 73.3 cm³/mol. The standard InChI is InChI=1S/C14H14ClNO2/c1-9-3-2-4-10(14(9)18)8-16-11-5-6-13(17)12(15)7-11/h2-7,16-18H,8H2,1H3. The van der Waals surface area contributed by atoms with E-state index in [2.05, 4.69) is 5.32 Å². The van der Waals surface area contributed by atoms with Crippen molar-refractivity contribution in [1.29, 1.82) is 0 Å². The van der Waals surface area contributed by atoms with Crippen LogP contribution in [0.2, 0.25) is 5.02 Å². The molecule has 0 heterocycles. The summed E-state index contributed by atoms with van der Waals surface area (Å²) in [4.78, 5) is 0. The maximum absolute atomic E-state index is 9.87. The second kappa shape index (κ2) is 5.19. The van der Waals surface area contributed by atoms with Crippen LogP contribution < -0.4 is 5.32 Å². The molecule has 0 radical (unpaired) electrons. The van der Waals surface area contributed by atoms with Gasteiger partial charge in [0.05, 0.1) is 5.02 Å². The molecule has 2 aromatic rings. The molecule has 0 spiro atoms. The van der Waals surface area contributed by atoms with Crippen molar-refractivity contribution in [2.24, 2.45) is 0 Å². The molecule has 0 saturated carbocycles. The van der Waals surface area contributed by atoms with Gasteiger partial charge in [0.1, 0.15) is 11.5 Å². The maximum Gasteiger partial charge on any atom is 0.134 e. The number of phenolic OH excluding ortho intramolecular Hbond substituents is 2. The van der Waals surface area contributed by atoms with E-state index in [-0.39, 0.29) is 5.75 Å². The van der Waals surface area contributed by atoms with E-state index in [9.17, 15) is 10.2 Å². The summed E-state index contributed by atoms with van der Waals surface area (Å²) in [6.07, 6.45) is 0. The molecule has 94 valence electrons. The van der Waals surface area contributed by atoms with Crippen LogP contribution in [0.1, 0.15) is 11.1 Å². The van der Waals surface area contributed by atoms with Crippen LogP contribution >= 0.6 is 11.6 Å². The highest BCUT2D eigenvalue weighted by Gasteiger charge is 2.04.